The molecule has 4 aromatic carbocycles. The molecule has 4 aliphatic rings. The van der Waals surface area contributed by atoms with Crippen molar-refractivity contribution in [1.82, 2.24) is 0 Å². The van der Waals surface area contributed by atoms with Crippen molar-refractivity contribution in [3.05, 3.63) is 129 Å². The summed E-state index contributed by atoms with van der Waals surface area (Å²) in [5.41, 5.74) is 18.8. The van der Waals surface area contributed by atoms with Crippen LogP contribution in [0.15, 0.2) is 96.1 Å². The van der Waals surface area contributed by atoms with Crippen molar-refractivity contribution in [2.24, 2.45) is 0 Å². The van der Waals surface area contributed by atoms with Gasteiger partial charge >= 0.3 is 290 Å². The molecule has 0 spiro atoms. The van der Waals surface area contributed by atoms with Gasteiger partial charge in [-0.3, -0.25) is 0 Å². The molecule has 4 atom stereocenters. The second-order valence-electron chi connectivity index (χ2n) is 15.0. The predicted octanol–water partition coefficient (Wildman–Crippen LogP) is 7.65. The fourth-order valence-corrected chi connectivity index (χ4v) is 46.1. The Bertz CT molecular complexity index is 1710. The van der Waals surface area contributed by atoms with Crippen LogP contribution in [-0.4, -0.2) is 0 Å². The Balaban J connectivity index is 0.00000208. The van der Waals surface area contributed by atoms with Crippen LogP contribution in [0.5, 0.6) is 0 Å². The van der Waals surface area contributed by atoms with Crippen molar-refractivity contribution >= 4 is 12.2 Å². The molecule has 3 aliphatic carbocycles. The van der Waals surface area contributed by atoms with Crippen LogP contribution in [0.1, 0.15) is 120 Å². The SMILES string of the molecule is CCCC1=Cc2c(-c3ccc(CC)cc3)cccc2[CH]1[Hf+2]1([CH]2C(CCC)=Cc3c(-c4ccc(CC)cc4)cccc32)[CH]2CCCC[CH]21.[Cl-].[Cl-]. The van der Waals surface area contributed by atoms with Gasteiger partial charge in [0.2, 0.25) is 0 Å². The largest absolute Gasteiger partial charge is 1.00 e. The molecule has 0 bridgehead atoms. The summed E-state index contributed by atoms with van der Waals surface area (Å²) in [6, 6.07) is 33.7. The summed E-state index contributed by atoms with van der Waals surface area (Å²) in [5, 5.41) is 0. The third kappa shape index (κ3) is 6.02. The average Bonchev–Trinajstić information content (AvgIpc) is 3.38. The van der Waals surface area contributed by atoms with Gasteiger partial charge in [-0.1, -0.05) is 0 Å². The Morgan fingerprint density at radius 3 is 1.31 bits per heavy atom. The summed E-state index contributed by atoms with van der Waals surface area (Å²) in [5.74, 6) is 0. The number of hydrogen-bond donors (Lipinski definition) is 0. The first kappa shape index (κ1) is 36.6. The van der Waals surface area contributed by atoms with Crippen LogP contribution in [0.2, 0.25) is 7.35 Å². The van der Waals surface area contributed by atoms with Gasteiger partial charge in [0.15, 0.2) is 0 Å². The van der Waals surface area contributed by atoms with Gasteiger partial charge in [-0.2, -0.15) is 0 Å². The van der Waals surface area contributed by atoms with E-state index in [0.29, 0.717) is 0 Å². The first-order valence-corrected chi connectivity index (χ1v) is 27.3. The molecule has 0 radical (unpaired) electrons. The second-order valence-corrected chi connectivity index (χ2v) is 31.7. The van der Waals surface area contributed by atoms with E-state index in [1.165, 1.54) is 84.7 Å². The molecule has 4 aromatic rings. The van der Waals surface area contributed by atoms with Crippen LogP contribution in [0, 0.1) is 0 Å². The van der Waals surface area contributed by atoms with Gasteiger partial charge in [0.1, 0.15) is 0 Å². The monoisotopic (exact) mass is 854 g/mol. The number of benzene rings is 4. The zero-order valence-corrected chi connectivity index (χ0v) is 35.0. The van der Waals surface area contributed by atoms with Crippen molar-refractivity contribution in [3.63, 3.8) is 0 Å². The van der Waals surface area contributed by atoms with E-state index in [9.17, 15) is 0 Å². The third-order valence-electron chi connectivity index (χ3n) is 12.7. The first-order valence-electron chi connectivity index (χ1n) is 19.0. The standard InChI is InChI=1S/2C20H21.C6H10.2ClH.Hf/c2*1-3-6-16-13-18-7-5-8-19(20(18)14-16)17-11-9-15(4-2)10-12-17;1-2-4-6-5-3-1;;;/h2*5,7-14H,3-4,6H2,1-2H3;1-2H,3-6H2;2*1H;/q;;;;;+2/p-2. The van der Waals surface area contributed by atoms with Gasteiger partial charge < -0.3 is 24.8 Å². The van der Waals surface area contributed by atoms with E-state index in [4.69, 9.17) is 0 Å². The maximum Gasteiger partial charge on any atom is -1.00 e. The van der Waals surface area contributed by atoms with Gasteiger partial charge in [-0.15, -0.1) is 0 Å². The quantitative estimate of drug-likeness (QED) is 0.144. The molecule has 1 saturated carbocycles. The molecular formula is C46H52Cl2Hf. The van der Waals surface area contributed by atoms with E-state index < -0.39 is 20.0 Å². The van der Waals surface area contributed by atoms with E-state index in [0.717, 1.165) is 27.5 Å². The second kappa shape index (κ2) is 15.2. The Morgan fingerprint density at radius 1 is 0.531 bits per heavy atom. The first-order chi connectivity index (χ1) is 23.1. The third-order valence-corrected chi connectivity index (χ3v) is 37.6. The Labute approximate surface area is 313 Å². The summed E-state index contributed by atoms with van der Waals surface area (Å²) >= 11 is -3.20. The van der Waals surface area contributed by atoms with Gasteiger partial charge in [-0.25, -0.2) is 0 Å². The summed E-state index contributed by atoms with van der Waals surface area (Å²) in [6.45, 7) is 9.35. The number of rotatable bonds is 10. The number of allylic oxidation sites excluding steroid dienone is 2. The van der Waals surface area contributed by atoms with Crippen LogP contribution in [0.4, 0.5) is 0 Å². The maximum atomic E-state index is 2.73. The molecule has 1 heterocycles. The number of halogens is 2. The van der Waals surface area contributed by atoms with Crippen molar-refractivity contribution in [2.75, 3.05) is 0 Å². The van der Waals surface area contributed by atoms with Gasteiger partial charge in [0.25, 0.3) is 0 Å². The fraction of sp³-hybridized carbons (Fsp3) is 0.391. The Kier molecular flexibility index (Phi) is 11.3. The molecule has 8 rings (SSSR count). The number of hydrogen-bond acceptors (Lipinski definition) is 0. The summed E-state index contributed by atoms with van der Waals surface area (Å²) < 4.78 is 3.51. The van der Waals surface area contributed by atoms with Gasteiger partial charge in [0.05, 0.1) is 0 Å². The molecule has 3 heteroatoms. The zero-order valence-electron chi connectivity index (χ0n) is 29.9. The maximum absolute atomic E-state index is 3.20. The van der Waals surface area contributed by atoms with Crippen LogP contribution in [0.25, 0.3) is 34.4 Å². The van der Waals surface area contributed by atoms with Crippen molar-refractivity contribution in [3.8, 4) is 22.3 Å². The van der Waals surface area contributed by atoms with Gasteiger partial charge in [0, 0.05) is 0 Å². The molecule has 0 nitrogen and oxygen atoms in total. The minimum absolute atomic E-state index is 0. The summed E-state index contributed by atoms with van der Waals surface area (Å²) in [7, 11) is 0. The van der Waals surface area contributed by atoms with Crippen molar-refractivity contribution in [2.45, 2.75) is 107 Å². The van der Waals surface area contributed by atoms with Crippen LogP contribution in [0.3, 0.4) is 0 Å². The molecule has 2 fully saturated rings. The van der Waals surface area contributed by atoms with Crippen molar-refractivity contribution in [1.29, 1.82) is 0 Å². The summed E-state index contributed by atoms with van der Waals surface area (Å²) in [4.78, 5) is 0. The van der Waals surface area contributed by atoms with E-state index in [2.05, 4.69) is 125 Å². The van der Waals surface area contributed by atoms with Crippen LogP contribution < -0.4 is 24.8 Å². The minimum Gasteiger partial charge on any atom is -1.00 e. The van der Waals surface area contributed by atoms with Gasteiger partial charge in [-0.05, 0) is 0 Å². The molecule has 1 aliphatic heterocycles. The number of fused-ring (bicyclic) bond motifs is 3. The Hall–Kier alpha value is -2.19. The topological polar surface area (TPSA) is 0 Å². The average molecular weight is 854 g/mol. The van der Waals surface area contributed by atoms with E-state index in [-0.39, 0.29) is 24.8 Å². The van der Waals surface area contributed by atoms with E-state index in [1.807, 2.05) is 11.1 Å². The van der Waals surface area contributed by atoms with Crippen LogP contribution in [-0.2, 0) is 32.8 Å². The van der Waals surface area contributed by atoms with E-state index in [1.54, 1.807) is 22.3 Å². The minimum atomic E-state index is -3.20. The fourth-order valence-electron chi connectivity index (χ4n) is 10.7. The molecule has 0 aromatic heterocycles. The molecular weight excluding hydrogens is 802 g/mol. The zero-order chi connectivity index (χ0) is 32.1. The molecule has 1 saturated heterocycles. The van der Waals surface area contributed by atoms with Crippen molar-refractivity contribution < 1.29 is 44.8 Å². The van der Waals surface area contributed by atoms with Crippen LogP contribution >= 0.6 is 0 Å². The smallest absolute Gasteiger partial charge is 1.00 e. The Morgan fingerprint density at radius 2 is 0.939 bits per heavy atom. The molecule has 0 amide bonds. The molecule has 0 N–H and O–H groups in total. The summed E-state index contributed by atoms with van der Waals surface area (Å²) in [6.07, 6.45) is 18.5. The molecule has 49 heavy (non-hydrogen) atoms. The number of aryl methyl sites for hydroxylation is 2. The predicted molar refractivity (Wildman–Crippen MR) is 200 cm³/mol. The normalized spacial score (nSPS) is 23.2. The molecule has 254 valence electrons. The van der Waals surface area contributed by atoms with E-state index >= 15 is 0 Å². The molecule has 4 unspecified atom stereocenters.